The van der Waals surface area contributed by atoms with Crippen LogP contribution < -0.4 is 5.32 Å². The van der Waals surface area contributed by atoms with Crippen molar-refractivity contribution in [3.8, 4) is 0 Å². The average Bonchev–Trinajstić information content (AvgIpc) is 2.19. The summed E-state index contributed by atoms with van der Waals surface area (Å²) in [5, 5.41) is 3.36. The number of pyridine rings is 1. The van der Waals surface area contributed by atoms with E-state index in [0.29, 0.717) is 6.04 Å². The maximum absolute atomic E-state index is 5.03. The number of hydrogen-bond acceptors (Lipinski definition) is 3. The Morgan fingerprint density at radius 3 is 2.93 bits per heavy atom. The molecule has 0 fully saturated rings. The van der Waals surface area contributed by atoms with E-state index in [4.69, 9.17) is 4.74 Å². The van der Waals surface area contributed by atoms with Crippen LogP contribution >= 0.6 is 15.9 Å². The quantitative estimate of drug-likeness (QED) is 0.895. The Kier molecular flexibility index (Phi) is 5.05. The van der Waals surface area contributed by atoms with E-state index < -0.39 is 0 Å². The van der Waals surface area contributed by atoms with E-state index in [1.54, 1.807) is 13.3 Å². The van der Waals surface area contributed by atoms with Crippen LogP contribution in [0.2, 0.25) is 0 Å². The summed E-state index contributed by atoms with van der Waals surface area (Å²) in [7, 11) is 1.72. The van der Waals surface area contributed by atoms with E-state index in [1.165, 1.54) is 0 Å². The molecule has 4 heteroatoms. The molecule has 1 rings (SSSR count). The van der Waals surface area contributed by atoms with Gasteiger partial charge < -0.3 is 10.1 Å². The lowest BCUT2D eigenvalue weighted by atomic mass is 10.2. The van der Waals surface area contributed by atoms with Crippen LogP contribution in [0.4, 0.5) is 5.82 Å². The molecule has 1 N–H and O–H groups in total. The highest BCUT2D eigenvalue weighted by atomic mass is 79.9. The third-order valence-electron chi connectivity index (χ3n) is 2.18. The van der Waals surface area contributed by atoms with E-state index >= 15 is 0 Å². The molecule has 0 aliphatic carbocycles. The smallest absolute Gasteiger partial charge is 0.129 e. The second-order valence-electron chi connectivity index (χ2n) is 3.65. The predicted molar refractivity (Wildman–Crippen MR) is 66.3 cm³/mol. The van der Waals surface area contributed by atoms with Crippen LogP contribution in [0.5, 0.6) is 0 Å². The normalized spacial score (nSPS) is 12.5. The molecular formula is C11H17BrN2O. The van der Waals surface area contributed by atoms with Crippen LogP contribution in [0.1, 0.15) is 18.9 Å². The van der Waals surface area contributed by atoms with Crippen molar-refractivity contribution in [1.29, 1.82) is 0 Å². The number of halogens is 1. The number of hydrogen-bond donors (Lipinski definition) is 1. The lowest BCUT2D eigenvalue weighted by Crippen LogP contribution is -2.18. The van der Waals surface area contributed by atoms with Crippen molar-refractivity contribution in [2.75, 3.05) is 19.0 Å². The number of nitrogens with one attached hydrogen (secondary N) is 1. The summed E-state index contributed by atoms with van der Waals surface area (Å²) in [4.78, 5) is 4.33. The van der Waals surface area contributed by atoms with Crippen molar-refractivity contribution in [1.82, 2.24) is 4.98 Å². The van der Waals surface area contributed by atoms with Gasteiger partial charge in [-0.25, -0.2) is 4.98 Å². The van der Waals surface area contributed by atoms with E-state index in [-0.39, 0.29) is 0 Å². The van der Waals surface area contributed by atoms with Gasteiger partial charge in [0.15, 0.2) is 0 Å². The van der Waals surface area contributed by atoms with Gasteiger partial charge in [-0.05, 0) is 47.8 Å². The van der Waals surface area contributed by atoms with Crippen molar-refractivity contribution in [3.63, 3.8) is 0 Å². The third-order valence-corrected chi connectivity index (χ3v) is 2.62. The zero-order chi connectivity index (χ0) is 11.3. The minimum atomic E-state index is 0.373. The first-order valence-electron chi connectivity index (χ1n) is 5.01. The fourth-order valence-corrected chi connectivity index (χ4v) is 1.74. The second kappa shape index (κ2) is 6.08. The highest BCUT2D eigenvalue weighted by Crippen LogP contribution is 2.17. The highest BCUT2D eigenvalue weighted by molar-refractivity contribution is 9.10. The molecule has 0 spiro atoms. The monoisotopic (exact) mass is 272 g/mol. The predicted octanol–water partition coefficient (Wildman–Crippen LogP) is 2.99. The number of rotatable bonds is 5. The average molecular weight is 273 g/mol. The molecule has 1 heterocycles. The summed E-state index contributed by atoms with van der Waals surface area (Å²) >= 11 is 3.39. The SMILES string of the molecule is COCCC(C)Nc1ncc(Br)cc1C. The Balaban J connectivity index is 2.56. The van der Waals surface area contributed by atoms with Crippen LogP contribution in [0.15, 0.2) is 16.7 Å². The van der Waals surface area contributed by atoms with Gasteiger partial charge in [0.05, 0.1) is 0 Å². The summed E-state index contributed by atoms with van der Waals surface area (Å²) in [5.41, 5.74) is 1.15. The van der Waals surface area contributed by atoms with Gasteiger partial charge >= 0.3 is 0 Å². The number of aromatic nitrogens is 1. The van der Waals surface area contributed by atoms with Crippen LogP contribution in [-0.2, 0) is 4.74 Å². The molecule has 0 aliphatic rings. The third kappa shape index (κ3) is 4.18. The van der Waals surface area contributed by atoms with Gasteiger partial charge in [-0.1, -0.05) is 0 Å². The fraction of sp³-hybridized carbons (Fsp3) is 0.545. The van der Waals surface area contributed by atoms with Crippen LogP contribution in [-0.4, -0.2) is 24.7 Å². The van der Waals surface area contributed by atoms with Gasteiger partial charge in [-0.3, -0.25) is 0 Å². The summed E-state index contributed by atoms with van der Waals surface area (Å²) in [6, 6.07) is 2.43. The maximum Gasteiger partial charge on any atom is 0.129 e. The Hall–Kier alpha value is -0.610. The highest BCUT2D eigenvalue weighted by Gasteiger charge is 2.05. The molecule has 3 nitrogen and oxygen atoms in total. The lowest BCUT2D eigenvalue weighted by molar-refractivity contribution is 0.191. The van der Waals surface area contributed by atoms with E-state index in [2.05, 4.69) is 39.2 Å². The van der Waals surface area contributed by atoms with Crippen LogP contribution in [0.3, 0.4) is 0 Å². The van der Waals surface area contributed by atoms with Crippen molar-refractivity contribution in [3.05, 3.63) is 22.3 Å². The molecule has 0 radical (unpaired) electrons. The largest absolute Gasteiger partial charge is 0.385 e. The zero-order valence-electron chi connectivity index (χ0n) is 9.38. The van der Waals surface area contributed by atoms with E-state index in [9.17, 15) is 0 Å². The number of aryl methyl sites for hydroxylation is 1. The van der Waals surface area contributed by atoms with Crippen molar-refractivity contribution in [2.24, 2.45) is 0 Å². The molecule has 0 saturated heterocycles. The zero-order valence-corrected chi connectivity index (χ0v) is 11.0. The van der Waals surface area contributed by atoms with Gasteiger partial charge in [0.2, 0.25) is 0 Å². The Morgan fingerprint density at radius 2 is 2.33 bits per heavy atom. The molecule has 0 aliphatic heterocycles. The first kappa shape index (κ1) is 12.5. The first-order valence-corrected chi connectivity index (χ1v) is 5.80. The van der Waals surface area contributed by atoms with Crippen LogP contribution in [0, 0.1) is 6.92 Å². The van der Waals surface area contributed by atoms with Crippen molar-refractivity contribution < 1.29 is 4.74 Å². The number of ether oxygens (including phenoxy) is 1. The van der Waals surface area contributed by atoms with E-state index in [0.717, 1.165) is 28.9 Å². The minimum Gasteiger partial charge on any atom is -0.385 e. The van der Waals surface area contributed by atoms with Gasteiger partial charge in [0, 0.05) is 30.4 Å². The summed E-state index contributed by atoms with van der Waals surface area (Å²) in [6.07, 6.45) is 2.78. The molecule has 0 amide bonds. The van der Waals surface area contributed by atoms with Gasteiger partial charge in [0.25, 0.3) is 0 Å². The number of nitrogens with zero attached hydrogens (tertiary/aromatic N) is 1. The molecule has 1 aromatic rings. The molecule has 1 aromatic heterocycles. The molecule has 1 unspecified atom stereocenters. The van der Waals surface area contributed by atoms with Gasteiger partial charge in [-0.2, -0.15) is 0 Å². The summed E-state index contributed by atoms with van der Waals surface area (Å²) < 4.78 is 6.04. The molecule has 0 aromatic carbocycles. The van der Waals surface area contributed by atoms with Crippen molar-refractivity contribution in [2.45, 2.75) is 26.3 Å². The molecule has 1 atom stereocenters. The Labute approximate surface area is 99.4 Å². The fourth-order valence-electron chi connectivity index (χ4n) is 1.29. The van der Waals surface area contributed by atoms with Crippen LogP contribution in [0.25, 0.3) is 0 Å². The van der Waals surface area contributed by atoms with Gasteiger partial charge in [0.1, 0.15) is 5.82 Å². The first-order chi connectivity index (χ1) is 7.13. The molecule has 15 heavy (non-hydrogen) atoms. The summed E-state index contributed by atoms with van der Waals surface area (Å²) in [6.45, 7) is 4.94. The number of methoxy groups -OCH3 is 1. The Morgan fingerprint density at radius 1 is 1.60 bits per heavy atom. The standard InChI is InChI=1S/C11H17BrN2O/c1-8-6-10(12)7-13-11(8)14-9(2)4-5-15-3/h6-7,9H,4-5H2,1-3H3,(H,13,14). The molecule has 84 valence electrons. The molecule has 0 bridgehead atoms. The molecule has 0 saturated carbocycles. The summed E-state index contributed by atoms with van der Waals surface area (Å²) in [5.74, 6) is 0.946. The maximum atomic E-state index is 5.03. The lowest BCUT2D eigenvalue weighted by Gasteiger charge is -2.15. The Bertz CT molecular complexity index is 317. The van der Waals surface area contributed by atoms with Crippen molar-refractivity contribution >= 4 is 21.7 Å². The van der Waals surface area contributed by atoms with E-state index in [1.807, 2.05) is 6.92 Å². The molecular weight excluding hydrogens is 256 g/mol. The minimum absolute atomic E-state index is 0.373. The second-order valence-corrected chi connectivity index (χ2v) is 4.56. The number of anilines is 1. The topological polar surface area (TPSA) is 34.1 Å². The van der Waals surface area contributed by atoms with Gasteiger partial charge in [-0.15, -0.1) is 0 Å².